The van der Waals surface area contributed by atoms with Crippen molar-refractivity contribution in [2.75, 3.05) is 11.9 Å². The summed E-state index contributed by atoms with van der Waals surface area (Å²) in [5, 5.41) is 4.17. The van der Waals surface area contributed by atoms with Gasteiger partial charge in [0.25, 0.3) is 0 Å². The number of para-hydroxylation sites is 1. The predicted molar refractivity (Wildman–Crippen MR) is 143 cm³/mol. The molecule has 2 amide bonds. The lowest BCUT2D eigenvalue weighted by molar-refractivity contribution is 0.210. The van der Waals surface area contributed by atoms with Gasteiger partial charge in [-0.15, -0.1) is 0 Å². The molecule has 35 heavy (non-hydrogen) atoms. The molecule has 1 N–H and O–H groups in total. The van der Waals surface area contributed by atoms with E-state index in [1.54, 1.807) is 11.0 Å². The van der Waals surface area contributed by atoms with Crippen molar-refractivity contribution in [3.8, 4) is 5.75 Å². The Morgan fingerprint density at radius 2 is 1.49 bits per heavy atom. The van der Waals surface area contributed by atoms with Gasteiger partial charge in [-0.3, -0.25) is 0 Å². The van der Waals surface area contributed by atoms with Crippen LogP contribution in [-0.2, 0) is 19.6 Å². The largest absolute Gasteiger partial charge is 0.489 e. The number of nitrogens with zero attached hydrogens (tertiary/aromatic N) is 1. The van der Waals surface area contributed by atoms with Gasteiger partial charge in [-0.1, -0.05) is 89.9 Å². The van der Waals surface area contributed by atoms with Crippen LogP contribution in [0.1, 0.15) is 16.7 Å². The number of hydrogen-bond donors (Lipinski definition) is 1. The minimum absolute atomic E-state index is 0.175. The first-order chi connectivity index (χ1) is 17.1. The molecule has 0 unspecified atom stereocenters. The van der Waals surface area contributed by atoms with E-state index >= 15 is 0 Å². The normalized spacial score (nSPS) is 10.6. The molecule has 4 rings (SSSR count). The summed E-state index contributed by atoms with van der Waals surface area (Å²) in [7, 11) is 0. The summed E-state index contributed by atoms with van der Waals surface area (Å²) in [6.07, 6.45) is 0.608. The van der Waals surface area contributed by atoms with E-state index in [9.17, 15) is 4.79 Å². The molecule has 0 aliphatic carbocycles. The second-order valence-electron chi connectivity index (χ2n) is 8.12. The smallest absolute Gasteiger partial charge is 0.322 e. The molecular weight excluding hydrogens is 479 g/mol. The zero-order valence-corrected chi connectivity index (χ0v) is 20.7. The number of ether oxygens (including phenoxy) is 1. The molecule has 0 heterocycles. The number of benzene rings is 4. The summed E-state index contributed by atoms with van der Waals surface area (Å²) in [4.78, 5) is 14.9. The maximum Gasteiger partial charge on any atom is 0.322 e. The Labute approximate surface area is 216 Å². The van der Waals surface area contributed by atoms with Crippen LogP contribution in [0.15, 0.2) is 103 Å². The summed E-state index contributed by atoms with van der Waals surface area (Å²) in [5.41, 5.74) is 3.80. The molecule has 0 radical (unpaired) electrons. The van der Waals surface area contributed by atoms with Crippen LogP contribution in [0.2, 0.25) is 10.0 Å². The fourth-order valence-corrected chi connectivity index (χ4v) is 4.11. The van der Waals surface area contributed by atoms with Crippen LogP contribution in [0.3, 0.4) is 0 Å². The number of carbonyl (C=O) groups excluding carboxylic acids is 1. The number of nitrogens with one attached hydrogen (secondary N) is 1. The molecule has 0 fully saturated rings. The van der Waals surface area contributed by atoms with Gasteiger partial charge >= 0.3 is 6.03 Å². The van der Waals surface area contributed by atoms with Gasteiger partial charge in [-0.25, -0.2) is 4.79 Å². The van der Waals surface area contributed by atoms with Crippen LogP contribution in [-0.4, -0.2) is 17.5 Å². The number of amides is 2. The lowest BCUT2D eigenvalue weighted by Crippen LogP contribution is -2.36. The highest BCUT2D eigenvalue weighted by Crippen LogP contribution is 2.22. The van der Waals surface area contributed by atoms with Gasteiger partial charge in [0.1, 0.15) is 12.4 Å². The van der Waals surface area contributed by atoms with Crippen molar-refractivity contribution in [1.29, 1.82) is 0 Å². The zero-order valence-electron chi connectivity index (χ0n) is 19.2. The van der Waals surface area contributed by atoms with E-state index in [1.165, 1.54) is 0 Å². The van der Waals surface area contributed by atoms with Gasteiger partial charge in [0.05, 0.1) is 0 Å². The van der Waals surface area contributed by atoms with Crippen molar-refractivity contribution in [1.82, 2.24) is 4.90 Å². The Morgan fingerprint density at radius 3 is 2.17 bits per heavy atom. The number of halogens is 2. The molecule has 0 saturated heterocycles. The number of anilines is 1. The van der Waals surface area contributed by atoms with E-state index in [4.69, 9.17) is 27.9 Å². The van der Waals surface area contributed by atoms with Crippen molar-refractivity contribution < 1.29 is 9.53 Å². The van der Waals surface area contributed by atoms with Gasteiger partial charge in [-0.2, -0.15) is 0 Å². The maximum absolute atomic E-state index is 13.1. The van der Waals surface area contributed by atoms with Crippen molar-refractivity contribution in [3.05, 3.63) is 130 Å². The molecule has 0 bridgehead atoms. The molecule has 0 atom stereocenters. The lowest BCUT2D eigenvalue weighted by atomic mass is 10.1. The topological polar surface area (TPSA) is 41.6 Å². The van der Waals surface area contributed by atoms with Crippen LogP contribution in [0, 0.1) is 0 Å². The molecule has 178 valence electrons. The average Bonchev–Trinajstić information content (AvgIpc) is 2.88. The van der Waals surface area contributed by atoms with Crippen LogP contribution in [0.5, 0.6) is 5.75 Å². The van der Waals surface area contributed by atoms with E-state index in [2.05, 4.69) is 5.32 Å². The van der Waals surface area contributed by atoms with Gasteiger partial charge < -0.3 is 15.0 Å². The molecule has 4 aromatic rings. The first-order valence-corrected chi connectivity index (χ1v) is 12.1. The third-order valence-corrected chi connectivity index (χ3v) is 6.11. The first kappa shape index (κ1) is 24.6. The quantitative estimate of drug-likeness (QED) is 0.252. The second kappa shape index (κ2) is 12.3. The van der Waals surface area contributed by atoms with E-state index < -0.39 is 0 Å². The standard InChI is InChI=1S/C29H26Cl2N2O2/c30-25-14-13-24(28(31)19-25)17-18-33(29(34)32-26-9-5-2-6-10-26)20-22-11-15-27(16-12-22)35-21-23-7-3-1-4-8-23/h1-16,19H,17-18,20-21H2,(H,32,34). The molecule has 0 aromatic heterocycles. The first-order valence-electron chi connectivity index (χ1n) is 11.4. The van der Waals surface area contributed by atoms with Gasteiger partial charge in [0.2, 0.25) is 0 Å². The van der Waals surface area contributed by atoms with Crippen molar-refractivity contribution in [2.24, 2.45) is 0 Å². The molecule has 0 saturated carbocycles. The van der Waals surface area contributed by atoms with Crippen LogP contribution in [0.4, 0.5) is 10.5 Å². The summed E-state index contributed by atoms with van der Waals surface area (Å²) in [6, 6.07) is 32.6. The van der Waals surface area contributed by atoms with Gasteiger partial charge in [-0.05, 0) is 59.5 Å². The average molecular weight is 505 g/mol. The Hall–Kier alpha value is -3.47. The fourth-order valence-electron chi connectivity index (χ4n) is 3.61. The highest BCUT2D eigenvalue weighted by Gasteiger charge is 2.15. The van der Waals surface area contributed by atoms with Crippen molar-refractivity contribution >= 4 is 34.9 Å². The van der Waals surface area contributed by atoms with Crippen molar-refractivity contribution in [3.63, 3.8) is 0 Å². The summed E-state index contributed by atoms with van der Waals surface area (Å²) in [6.45, 7) is 1.45. The van der Waals surface area contributed by atoms with Crippen LogP contribution in [0.25, 0.3) is 0 Å². The third kappa shape index (κ3) is 7.51. The van der Waals surface area contributed by atoms with Crippen molar-refractivity contribution in [2.45, 2.75) is 19.6 Å². The minimum atomic E-state index is -0.175. The van der Waals surface area contributed by atoms with E-state index in [0.29, 0.717) is 36.2 Å². The number of carbonyl (C=O) groups is 1. The van der Waals surface area contributed by atoms with E-state index in [-0.39, 0.29) is 6.03 Å². The Kier molecular flexibility index (Phi) is 8.66. The summed E-state index contributed by atoms with van der Waals surface area (Å²) in [5.74, 6) is 0.783. The molecule has 0 aliphatic heterocycles. The number of rotatable bonds is 9. The van der Waals surface area contributed by atoms with Crippen LogP contribution < -0.4 is 10.1 Å². The highest BCUT2D eigenvalue weighted by atomic mass is 35.5. The third-order valence-electron chi connectivity index (χ3n) is 5.52. The Bertz CT molecular complexity index is 1230. The Balaban J connectivity index is 1.43. The highest BCUT2D eigenvalue weighted by molar-refractivity contribution is 6.35. The maximum atomic E-state index is 13.1. The Morgan fingerprint density at radius 1 is 0.800 bits per heavy atom. The second-order valence-corrected chi connectivity index (χ2v) is 8.97. The minimum Gasteiger partial charge on any atom is -0.489 e. The number of urea groups is 1. The monoisotopic (exact) mass is 504 g/mol. The molecule has 0 aliphatic rings. The SMILES string of the molecule is O=C(Nc1ccccc1)N(CCc1ccc(Cl)cc1Cl)Cc1ccc(OCc2ccccc2)cc1. The van der Waals surface area contributed by atoms with Gasteiger partial charge in [0, 0.05) is 28.8 Å². The summed E-state index contributed by atoms with van der Waals surface area (Å²) < 4.78 is 5.89. The van der Waals surface area contributed by atoms with E-state index in [0.717, 1.165) is 28.1 Å². The molecule has 6 heteroatoms. The molecule has 4 aromatic carbocycles. The summed E-state index contributed by atoms with van der Waals surface area (Å²) >= 11 is 12.4. The molecule has 0 spiro atoms. The fraction of sp³-hybridized carbons (Fsp3) is 0.138. The molecular formula is C29H26Cl2N2O2. The number of hydrogen-bond acceptors (Lipinski definition) is 2. The molecule has 4 nitrogen and oxygen atoms in total. The lowest BCUT2D eigenvalue weighted by Gasteiger charge is -2.24. The van der Waals surface area contributed by atoms with E-state index in [1.807, 2.05) is 97.1 Å². The van der Waals surface area contributed by atoms with Gasteiger partial charge in [0.15, 0.2) is 0 Å². The predicted octanol–water partition coefficient (Wildman–Crippen LogP) is 7.85. The van der Waals surface area contributed by atoms with Crippen LogP contribution >= 0.6 is 23.2 Å². The zero-order chi connectivity index (χ0) is 24.5.